The number of fused-ring (bicyclic) bond motifs is 7. The van der Waals surface area contributed by atoms with Crippen LogP contribution in [-0.4, -0.2) is 19.5 Å². The van der Waals surface area contributed by atoms with Crippen LogP contribution in [0.5, 0.6) is 0 Å². The van der Waals surface area contributed by atoms with E-state index < -0.39 is 0 Å². The molecule has 0 spiro atoms. The Morgan fingerprint density at radius 1 is 0.309 bits per heavy atom. The minimum Gasteiger partial charge on any atom is -0.309 e. The highest BCUT2D eigenvalue weighted by Gasteiger charge is 2.21. The van der Waals surface area contributed by atoms with E-state index in [2.05, 4.69) is 162 Å². The molecule has 0 atom stereocenters. The highest BCUT2D eigenvalue weighted by Crippen LogP contribution is 2.42. The van der Waals surface area contributed by atoms with Crippen molar-refractivity contribution in [2.75, 3.05) is 0 Å². The van der Waals surface area contributed by atoms with Crippen LogP contribution in [0.1, 0.15) is 0 Å². The fourth-order valence-electron chi connectivity index (χ4n) is 8.21. The summed E-state index contributed by atoms with van der Waals surface area (Å²) in [6, 6.07) is 68.8. The molecule has 0 amide bonds. The molecule has 4 nitrogen and oxygen atoms in total. The lowest BCUT2D eigenvalue weighted by atomic mass is 9.93. The van der Waals surface area contributed by atoms with Crippen molar-refractivity contribution in [2.45, 2.75) is 0 Å². The second-order valence-corrected chi connectivity index (χ2v) is 14.0. The van der Waals surface area contributed by atoms with Gasteiger partial charge in [-0.3, -0.25) is 0 Å². The van der Waals surface area contributed by atoms with Crippen molar-refractivity contribution in [3.63, 3.8) is 0 Å². The van der Waals surface area contributed by atoms with E-state index in [1.54, 1.807) is 0 Å². The predicted octanol–water partition coefficient (Wildman–Crippen LogP) is 13.1. The van der Waals surface area contributed by atoms with Crippen molar-refractivity contribution in [1.29, 1.82) is 0 Å². The average molecular weight is 701 g/mol. The molecule has 0 bridgehead atoms. The maximum Gasteiger partial charge on any atom is 0.164 e. The van der Waals surface area contributed by atoms with Crippen molar-refractivity contribution in [2.24, 2.45) is 0 Å². The van der Waals surface area contributed by atoms with E-state index in [1.807, 2.05) is 36.4 Å². The zero-order valence-electron chi connectivity index (χ0n) is 29.8. The third-order valence-corrected chi connectivity index (χ3v) is 10.8. The second kappa shape index (κ2) is 12.6. The van der Waals surface area contributed by atoms with Crippen molar-refractivity contribution >= 4 is 54.1 Å². The van der Waals surface area contributed by atoms with Crippen LogP contribution in [0.3, 0.4) is 0 Å². The Hall–Kier alpha value is -7.43. The van der Waals surface area contributed by atoms with Crippen LogP contribution in [0.2, 0.25) is 0 Å². The zero-order valence-corrected chi connectivity index (χ0v) is 29.8. The van der Waals surface area contributed by atoms with E-state index in [1.165, 1.54) is 54.1 Å². The normalized spacial score (nSPS) is 11.6. The number of hydrogen-bond acceptors (Lipinski definition) is 3. The average Bonchev–Trinajstić information content (AvgIpc) is 3.59. The fourth-order valence-corrected chi connectivity index (χ4v) is 8.21. The first-order chi connectivity index (χ1) is 27.3. The Kier molecular flexibility index (Phi) is 7.14. The molecule has 11 rings (SSSR count). The molecule has 0 saturated heterocycles. The Morgan fingerprint density at radius 3 is 1.58 bits per heavy atom. The Balaban J connectivity index is 1.24. The van der Waals surface area contributed by atoms with E-state index in [-0.39, 0.29) is 0 Å². The van der Waals surface area contributed by atoms with Crippen LogP contribution in [0.4, 0.5) is 0 Å². The standard InChI is InChI=1S/C51H32N4/c1-3-16-35(17-4-1)49-52-50(36-18-5-2-6-19-36)54-51(53-49)44-29-27-39(32-45(44)42-25-13-22-33-14-9-11-23-40(33)42)55-47-31-38-21-8-7-20-37(38)30-46(47)43-28-26-34-15-10-12-24-41(34)48(43)55/h1-32H. The zero-order chi connectivity index (χ0) is 36.3. The summed E-state index contributed by atoms with van der Waals surface area (Å²) < 4.78 is 2.45. The van der Waals surface area contributed by atoms with Crippen LogP contribution < -0.4 is 0 Å². The minimum atomic E-state index is 0.626. The van der Waals surface area contributed by atoms with Gasteiger partial charge in [0.25, 0.3) is 0 Å². The number of rotatable bonds is 5. The number of hydrogen-bond donors (Lipinski definition) is 0. The molecule has 9 aromatic carbocycles. The molecule has 55 heavy (non-hydrogen) atoms. The molecule has 4 heteroatoms. The van der Waals surface area contributed by atoms with E-state index in [0.29, 0.717) is 17.5 Å². The van der Waals surface area contributed by atoms with Crippen LogP contribution in [0.25, 0.3) is 105 Å². The van der Waals surface area contributed by atoms with Crippen molar-refractivity contribution < 1.29 is 0 Å². The lowest BCUT2D eigenvalue weighted by molar-refractivity contribution is 1.07. The topological polar surface area (TPSA) is 43.6 Å². The van der Waals surface area contributed by atoms with Crippen LogP contribution >= 0.6 is 0 Å². The van der Waals surface area contributed by atoms with Gasteiger partial charge in [0.15, 0.2) is 17.5 Å². The van der Waals surface area contributed by atoms with Gasteiger partial charge in [-0.05, 0) is 68.4 Å². The lowest BCUT2D eigenvalue weighted by Crippen LogP contribution is -2.02. The van der Waals surface area contributed by atoms with Crippen LogP contribution in [-0.2, 0) is 0 Å². The molecule has 0 aliphatic rings. The van der Waals surface area contributed by atoms with Gasteiger partial charge in [0, 0.05) is 38.5 Å². The van der Waals surface area contributed by atoms with Crippen LogP contribution in [0.15, 0.2) is 194 Å². The first-order valence-electron chi connectivity index (χ1n) is 18.6. The predicted molar refractivity (Wildman–Crippen MR) is 228 cm³/mol. The maximum absolute atomic E-state index is 5.20. The van der Waals surface area contributed by atoms with Gasteiger partial charge in [-0.25, -0.2) is 15.0 Å². The Morgan fingerprint density at radius 2 is 0.873 bits per heavy atom. The summed E-state index contributed by atoms with van der Waals surface area (Å²) in [6.07, 6.45) is 0. The summed E-state index contributed by atoms with van der Waals surface area (Å²) in [6.45, 7) is 0. The van der Waals surface area contributed by atoms with E-state index in [0.717, 1.165) is 33.5 Å². The Labute approximate surface area is 317 Å². The summed E-state index contributed by atoms with van der Waals surface area (Å²) in [4.78, 5) is 15.4. The molecule has 0 radical (unpaired) electrons. The third-order valence-electron chi connectivity index (χ3n) is 10.8. The summed E-state index contributed by atoms with van der Waals surface area (Å²) in [5.74, 6) is 1.90. The highest BCUT2D eigenvalue weighted by atomic mass is 15.0. The van der Waals surface area contributed by atoms with Crippen molar-refractivity contribution in [1.82, 2.24) is 19.5 Å². The molecule has 2 aromatic heterocycles. The molecule has 2 heterocycles. The van der Waals surface area contributed by atoms with Gasteiger partial charge in [-0.2, -0.15) is 0 Å². The molecule has 0 aliphatic heterocycles. The summed E-state index contributed by atoms with van der Waals surface area (Å²) in [7, 11) is 0. The second-order valence-electron chi connectivity index (χ2n) is 14.0. The van der Waals surface area contributed by atoms with E-state index in [9.17, 15) is 0 Å². The Bertz CT molecular complexity index is 3190. The van der Waals surface area contributed by atoms with Crippen molar-refractivity contribution in [3.8, 4) is 51.0 Å². The summed E-state index contributed by atoms with van der Waals surface area (Å²) >= 11 is 0. The van der Waals surface area contributed by atoms with E-state index in [4.69, 9.17) is 15.0 Å². The quantitative estimate of drug-likeness (QED) is 0.179. The molecule has 0 unspecified atom stereocenters. The fraction of sp³-hybridized carbons (Fsp3) is 0. The minimum absolute atomic E-state index is 0.626. The number of benzene rings is 9. The number of nitrogens with zero attached hydrogens (tertiary/aromatic N) is 4. The molecular formula is C51H32N4. The molecule has 0 aliphatic carbocycles. The third kappa shape index (κ3) is 5.19. The van der Waals surface area contributed by atoms with Crippen LogP contribution in [0, 0.1) is 0 Å². The molecule has 0 N–H and O–H groups in total. The van der Waals surface area contributed by atoms with Gasteiger partial charge < -0.3 is 4.57 Å². The van der Waals surface area contributed by atoms with Gasteiger partial charge in [0.2, 0.25) is 0 Å². The molecule has 0 fully saturated rings. The lowest BCUT2D eigenvalue weighted by Gasteiger charge is -2.17. The first kappa shape index (κ1) is 31.1. The smallest absolute Gasteiger partial charge is 0.164 e. The van der Waals surface area contributed by atoms with Gasteiger partial charge in [0.1, 0.15) is 0 Å². The summed E-state index contributed by atoms with van der Waals surface area (Å²) in [5, 5.41) is 9.67. The highest BCUT2D eigenvalue weighted by molar-refractivity contribution is 6.20. The van der Waals surface area contributed by atoms with Gasteiger partial charge >= 0.3 is 0 Å². The van der Waals surface area contributed by atoms with Gasteiger partial charge in [-0.1, -0.05) is 164 Å². The summed E-state index contributed by atoms with van der Waals surface area (Å²) in [5.41, 5.74) is 8.42. The molecule has 0 saturated carbocycles. The molecule has 11 aromatic rings. The number of aromatic nitrogens is 4. The molecule has 256 valence electrons. The first-order valence-corrected chi connectivity index (χ1v) is 18.6. The maximum atomic E-state index is 5.20. The molecular weight excluding hydrogens is 669 g/mol. The van der Waals surface area contributed by atoms with E-state index >= 15 is 0 Å². The largest absolute Gasteiger partial charge is 0.309 e. The monoisotopic (exact) mass is 700 g/mol. The van der Waals surface area contributed by atoms with Gasteiger partial charge in [-0.15, -0.1) is 0 Å². The van der Waals surface area contributed by atoms with Crippen molar-refractivity contribution in [3.05, 3.63) is 194 Å². The SMILES string of the molecule is c1ccc(-c2nc(-c3ccccc3)nc(-c3ccc(-n4c5cc6ccccc6cc5c5ccc6ccccc6c54)cc3-c3cccc4ccccc34)n2)cc1. The van der Waals surface area contributed by atoms with Gasteiger partial charge in [0.05, 0.1) is 11.0 Å².